The largest absolute Gasteiger partial charge is 0.383 e. The third-order valence-corrected chi connectivity index (χ3v) is 2.98. The van der Waals surface area contributed by atoms with Crippen molar-refractivity contribution in [2.24, 2.45) is 0 Å². The fourth-order valence-electron chi connectivity index (χ4n) is 1.40. The van der Waals surface area contributed by atoms with Gasteiger partial charge in [-0.2, -0.15) is 0 Å². The SMILES string of the molecule is COCCNCC(C)=Cc1ccc(Cl)c(Cl)c1. The molecule has 1 aromatic rings. The van der Waals surface area contributed by atoms with Crippen LogP contribution in [0, 0.1) is 0 Å². The van der Waals surface area contributed by atoms with Gasteiger partial charge in [-0.1, -0.05) is 40.9 Å². The van der Waals surface area contributed by atoms with Crippen LogP contribution in [0.1, 0.15) is 12.5 Å². The van der Waals surface area contributed by atoms with Gasteiger partial charge in [0.05, 0.1) is 16.7 Å². The van der Waals surface area contributed by atoms with Crippen LogP contribution >= 0.6 is 23.2 Å². The van der Waals surface area contributed by atoms with Crippen molar-refractivity contribution in [1.29, 1.82) is 0 Å². The highest BCUT2D eigenvalue weighted by atomic mass is 35.5. The summed E-state index contributed by atoms with van der Waals surface area (Å²) >= 11 is 11.8. The maximum atomic E-state index is 5.95. The van der Waals surface area contributed by atoms with Crippen LogP contribution in [0.2, 0.25) is 10.0 Å². The Morgan fingerprint density at radius 1 is 1.35 bits per heavy atom. The molecule has 0 radical (unpaired) electrons. The van der Waals surface area contributed by atoms with Crippen LogP contribution < -0.4 is 5.32 Å². The number of rotatable bonds is 6. The minimum Gasteiger partial charge on any atom is -0.383 e. The Kier molecular flexibility index (Phi) is 6.60. The molecule has 1 aromatic carbocycles. The van der Waals surface area contributed by atoms with E-state index in [1.165, 1.54) is 5.57 Å². The van der Waals surface area contributed by atoms with Crippen molar-refractivity contribution < 1.29 is 4.74 Å². The highest BCUT2D eigenvalue weighted by Gasteiger charge is 1.98. The van der Waals surface area contributed by atoms with E-state index in [2.05, 4.69) is 18.3 Å². The van der Waals surface area contributed by atoms with Gasteiger partial charge in [-0.15, -0.1) is 0 Å². The van der Waals surface area contributed by atoms with Crippen LogP contribution in [0.4, 0.5) is 0 Å². The summed E-state index contributed by atoms with van der Waals surface area (Å²) in [5.74, 6) is 0. The number of hydrogen-bond acceptors (Lipinski definition) is 2. The first kappa shape index (κ1) is 14.5. The Morgan fingerprint density at radius 2 is 2.12 bits per heavy atom. The molecule has 1 N–H and O–H groups in total. The predicted octanol–water partition coefficient (Wildman–Crippen LogP) is 3.63. The molecule has 0 spiro atoms. The quantitative estimate of drug-likeness (QED) is 0.800. The summed E-state index contributed by atoms with van der Waals surface area (Å²) in [6, 6.07) is 5.62. The summed E-state index contributed by atoms with van der Waals surface area (Å²) in [5, 5.41) is 4.45. The normalized spacial score (nSPS) is 11.9. The van der Waals surface area contributed by atoms with Crippen molar-refractivity contribution in [1.82, 2.24) is 5.32 Å². The lowest BCUT2D eigenvalue weighted by Gasteiger charge is -2.05. The van der Waals surface area contributed by atoms with Crippen molar-refractivity contribution in [2.75, 3.05) is 26.8 Å². The van der Waals surface area contributed by atoms with Gasteiger partial charge in [0, 0.05) is 20.2 Å². The van der Waals surface area contributed by atoms with Gasteiger partial charge in [-0.3, -0.25) is 0 Å². The monoisotopic (exact) mass is 273 g/mol. The summed E-state index contributed by atoms with van der Waals surface area (Å²) in [7, 11) is 1.69. The number of ether oxygens (including phenoxy) is 1. The van der Waals surface area contributed by atoms with E-state index in [1.54, 1.807) is 13.2 Å². The molecule has 0 bridgehead atoms. The summed E-state index contributed by atoms with van der Waals surface area (Å²) in [6.07, 6.45) is 2.09. The Hall–Kier alpha value is -0.540. The van der Waals surface area contributed by atoms with Gasteiger partial charge in [-0.25, -0.2) is 0 Å². The zero-order valence-corrected chi connectivity index (χ0v) is 11.6. The van der Waals surface area contributed by atoms with Crippen LogP contribution in [0.15, 0.2) is 23.8 Å². The Labute approximate surface area is 113 Å². The Bertz CT molecular complexity index is 391. The molecule has 0 aliphatic carbocycles. The molecule has 0 atom stereocenters. The smallest absolute Gasteiger partial charge is 0.0598 e. The van der Waals surface area contributed by atoms with Gasteiger partial charge < -0.3 is 10.1 Å². The molecule has 0 fully saturated rings. The molecule has 94 valence electrons. The maximum absolute atomic E-state index is 5.95. The second-order valence-corrected chi connectivity index (χ2v) is 4.65. The van der Waals surface area contributed by atoms with Crippen LogP contribution in [-0.2, 0) is 4.74 Å². The first-order chi connectivity index (χ1) is 8.13. The van der Waals surface area contributed by atoms with Gasteiger partial charge in [0.25, 0.3) is 0 Å². The van der Waals surface area contributed by atoms with Crippen molar-refractivity contribution in [3.63, 3.8) is 0 Å². The van der Waals surface area contributed by atoms with E-state index >= 15 is 0 Å². The molecule has 1 rings (SSSR count). The van der Waals surface area contributed by atoms with Gasteiger partial charge in [-0.05, 0) is 24.6 Å². The highest BCUT2D eigenvalue weighted by molar-refractivity contribution is 6.42. The lowest BCUT2D eigenvalue weighted by molar-refractivity contribution is 0.200. The highest BCUT2D eigenvalue weighted by Crippen LogP contribution is 2.23. The van der Waals surface area contributed by atoms with Gasteiger partial charge in [0.2, 0.25) is 0 Å². The van der Waals surface area contributed by atoms with Crippen LogP contribution in [0.5, 0.6) is 0 Å². The van der Waals surface area contributed by atoms with Gasteiger partial charge >= 0.3 is 0 Å². The lowest BCUT2D eigenvalue weighted by Crippen LogP contribution is -2.20. The summed E-state index contributed by atoms with van der Waals surface area (Å²) in [5.41, 5.74) is 2.30. The zero-order chi connectivity index (χ0) is 12.7. The first-order valence-electron chi connectivity index (χ1n) is 5.45. The van der Waals surface area contributed by atoms with E-state index in [4.69, 9.17) is 27.9 Å². The number of halogens is 2. The van der Waals surface area contributed by atoms with Crippen molar-refractivity contribution in [2.45, 2.75) is 6.92 Å². The second kappa shape index (κ2) is 7.72. The van der Waals surface area contributed by atoms with Crippen molar-refractivity contribution >= 4 is 29.3 Å². The summed E-state index contributed by atoms with van der Waals surface area (Å²) in [4.78, 5) is 0. The summed E-state index contributed by atoms with van der Waals surface area (Å²) in [6.45, 7) is 4.48. The second-order valence-electron chi connectivity index (χ2n) is 3.83. The molecule has 0 amide bonds. The van der Waals surface area contributed by atoms with E-state index in [9.17, 15) is 0 Å². The van der Waals surface area contributed by atoms with E-state index in [-0.39, 0.29) is 0 Å². The van der Waals surface area contributed by atoms with E-state index in [0.717, 1.165) is 25.3 Å². The molecule has 0 aromatic heterocycles. The zero-order valence-electron chi connectivity index (χ0n) is 10.1. The average molecular weight is 274 g/mol. The Balaban J connectivity index is 2.52. The number of hydrogen-bond donors (Lipinski definition) is 1. The number of methoxy groups -OCH3 is 1. The molecule has 4 heteroatoms. The van der Waals surface area contributed by atoms with E-state index in [0.29, 0.717) is 10.0 Å². The molecule has 2 nitrogen and oxygen atoms in total. The topological polar surface area (TPSA) is 21.3 Å². The number of nitrogens with one attached hydrogen (secondary N) is 1. The standard InChI is InChI=1S/C13H17Cl2NO/c1-10(9-16-5-6-17-2)7-11-3-4-12(14)13(15)8-11/h3-4,7-8,16H,5-6,9H2,1-2H3. The predicted molar refractivity (Wildman–Crippen MR) is 74.9 cm³/mol. The fraction of sp³-hybridized carbons (Fsp3) is 0.385. The maximum Gasteiger partial charge on any atom is 0.0598 e. The lowest BCUT2D eigenvalue weighted by atomic mass is 10.1. The molecule has 0 aliphatic rings. The van der Waals surface area contributed by atoms with Crippen LogP contribution in [-0.4, -0.2) is 26.8 Å². The third kappa shape index (κ3) is 5.55. The average Bonchev–Trinajstić information content (AvgIpc) is 2.30. The first-order valence-corrected chi connectivity index (χ1v) is 6.21. The molecular weight excluding hydrogens is 257 g/mol. The van der Waals surface area contributed by atoms with Crippen LogP contribution in [0.3, 0.4) is 0 Å². The molecule has 0 saturated carbocycles. The molecule has 0 saturated heterocycles. The van der Waals surface area contributed by atoms with Crippen LogP contribution in [0.25, 0.3) is 6.08 Å². The fourth-order valence-corrected chi connectivity index (χ4v) is 1.70. The Morgan fingerprint density at radius 3 is 2.76 bits per heavy atom. The van der Waals surface area contributed by atoms with E-state index < -0.39 is 0 Å². The van der Waals surface area contributed by atoms with Gasteiger partial charge in [0.15, 0.2) is 0 Å². The molecule has 0 aliphatic heterocycles. The minimum atomic E-state index is 0.583. The molecule has 0 unspecified atom stereocenters. The molecule has 17 heavy (non-hydrogen) atoms. The molecular formula is C13H17Cl2NO. The minimum absolute atomic E-state index is 0.583. The molecule has 0 heterocycles. The number of benzene rings is 1. The van der Waals surface area contributed by atoms with E-state index in [1.807, 2.05) is 12.1 Å². The third-order valence-electron chi connectivity index (χ3n) is 2.24. The van der Waals surface area contributed by atoms with Crippen molar-refractivity contribution in [3.8, 4) is 0 Å². The summed E-state index contributed by atoms with van der Waals surface area (Å²) < 4.78 is 4.96. The van der Waals surface area contributed by atoms with Crippen molar-refractivity contribution in [3.05, 3.63) is 39.4 Å². The van der Waals surface area contributed by atoms with Gasteiger partial charge in [0.1, 0.15) is 0 Å².